The highest BCUT2D eigenvalue weighted by Crippen LogP contribution is 2.24. The summed E-state index contributed by atoms with van der Waals surface area (Å²) in [7, 11) is 0. The molecule has 22 heavy (non-hydrogen) atoms. The van der Waals surface area contributed by atoms with Gasteiger partial charge in [0.2, 0.25) is 11.8 Å². The summed E-state index contributed by atoms with van der Waals surface area (Å²) >= 11 is 0. The number of anilines is 1. The Hall–Kier alpha value is -2.62. The summed E-state index contributed by atoms with van der Waals surface area (Å²) < 4.78 is 0. The number of hydrogen-bond acceptors (Lipinski definition) is 2. The smallest absolute Gasteiger partial charge is 0.231 e. The highest BCUT2D eigenvalue weighted by molar-refractivity contribution is 5.95. The number of amides is 2. The van der Waals surface area contributed by atoms with E-state index in [0.717, 1.165) is 11.3 Å². The van der Waals surface area contributed by atoms with Crippen molar-refractivity contribution in [2.75, 3.05) is 5.32 Å². The molecule has 0 radical (unpaired) electrons. The molecule has 0 aliphatic heterocycles. The molecule has 0 saturated heterocycles. The van der Waals surface area contributed by atoms with Crippen molar-refractivity contribution in [3.05, 3.63) is 66.2 Å². The first-order valence-electron chi connectivity index (χ1n) is 7.36. The molecule has 3 N–H and O–H groups in total. The fourth-order valence-corrected chi connectivity index (χ4v) is 2.37. The third-order valence-corrected chi connectivity index (χ3v) is 3.48. The molecule has 4 heteroatoms. The van der Waals surface area contributed by atoms with Crippen LogP contribution in [0.2, 0.25) is 0 Å². The molecule has 4 nitrogen and oxygen atoms in total. The van der Waals surface area contributed by atoms with Crippen molar-refractivity contribution in [2.24, 2.45) is 5.73 Å². The molecule has 0 heterocycles. The number of para-hydroxylation sites is 1. The van der Waals surface area contributed by atoms with Gasteiger partial charge in [0.15, 0.2) is 0 Å². The van der Waals surface area contributed by atoms with E-state index < -0.39 is 0 Å². The fourth-order valence-electron chi connectivity index (χ4n) is 2.37. The van der Waals surface area contributed by atoms with Crippen LogP contribution in [0, 0.1) is 0 Å². The van der Waals surface area contributed by atoms with Crippen LogP contribution in [0.15, 0.2) is 60.7 Å². The minimum Gasteiger partial charge on any atom is -0.370 e. The fraction of sp³-hybridized carbons (Fsp3) is 0.222. The molecule has 1 unspecified atom stereocenters. The summed E-state index contributed by atoms with van der Waals surface area (Å²) in [6.07, 6.45) is 1.48. The van der Waals surface area contributed by atoms with Crippen LogP contribution in [-0.4, -0.2) is 11.8 Å². The van der Waals surface area contributed by atoms with E-state index in [0.29, 0.717) is 19.3 Å². The Labute approximate surface area is 130 Å². The molecular weight excluding hydrogens is 276 g/mol. The van der Waals surface area contributed by atoms with Crippen LogP contribution in [-0.2, 0) is 9.59 Å². The number of benzene rings is 2. The zero-order valence-electron chi connectivity index (χ0n) is 12.4. The van der Waals surface area contributed by atoms with Gasteiger partial charge in [0.05, 0.1) is 5.92 Å². The summed E-state index contributed by atoms with van der Waals surface area (Å²) in [5.74, 6) is -0.696. The zero-order chi connectivity index (χ0) is 15.8. The number of hydrogen-bond donors (Lipinski definition) is 2. The van der Waals surface area contributed by atoms with Crippen molar-refractivity contribution in [3.63, 3.8) is 0 Å². The number of carbonyl (C=O) groups is 2. The molecular formula is C18H20N2O2. The minimum absolute atomic E-state index is 0.0677. The molecule has 0 fully saturated rings. The summed E-state index contributed by atoms with van der Waals surface area (Å²) in [4.78, 5) is 23.5. The van der Waals surface area contributed by atoms with Gasteiger partial charge in [0.1, 0.15) is 0 Å². The highest BCUT2D eigenvalue weighted by atomic mass is 16.2. The predicted octanol–water partition coefficient (Wildman–Crippen LogP) is 3.06. The van der Waals surface area contributed by atoms with E-state index in [1.54, 1.807) is 0 Å². The first-order valence-corrected chi connectivity index (χ1v) is 7.36. The van der Waals surface area contributed by atoms with Crippen LogP contribution < -0.4 is 11.1 Å². The van der Waals surface area contributed by atoms with Gasteiger partial charge in [-0.25, -0.2) is 0 Å². The van der Waals surface area contributed by atoms with E-state index in [2.05, 4.69) is 5.32 Å². The van der Waals surface area contributed by atoms with Crippen molar-refractivity contribution in [2.45, 2.75) is 25.2 Å². The Balaban J connectivity index is 2.09. The molecule has 0 aliphatic rings. The largest absolute Gasteiger partial charge is 0.370 e. The zero-order valence-corrected chi connectivity index (χ0v) is 12.4. The maximum atomic E-state index is 12.6. The van der Waals surface area contributed by atoms with E-state index >= 15 is 0 Å². The van der Waals surface area contributed by atoms with Crippen LogP contribution in [0.1, 0.15) is 30.7 Å². The molecule has 2 aromatic carbocycles. The second kappa shape index (κ2) is 7.98. The third kappa shape index (κ3) is 4.74. The lowest BCUT2D eigenvalue weighted by Crippen LogP contribution is -2.22. The molecule has 0 aromatic heterocycles. The normalized spacial score (nSPS) is 11.6. The van der Waals surface area contributed by atoms with Crippen LogP contribution in [0.25, 0.3) is 0 Å². The molecule has 0 saturated carbocycles. The van der Waals surface area contributed by atoms with Crippen molar-refractivity contribution in [1.29, 1.82) is 0 Å². The van der Waals surface area contributed by atoms with Crippen LogP contribution in [0.4, 0.5) is 5.69 Å². The van der Waals surface area contributed by atoms with E-state index in [4.69, 9.17) is 5.73 Å². The molecule has 114 valence electrons. The third-order valence-electron chi connectivity index (χ3n) is 3.48. The number of rotatable bonds is 7. The average molecular weight is 296 g/mol. The minimum atomic E-state index is -0.338. The number of nitrogens with one attached hydrogen (secondary N) is 1. The van der Waals surface area contributed by atoms with Crippen molar-refractivity contribution < 1.29 is 9.59 Å². The quantitative estimate of drug-likeness (QED) is 0.824. The van der Waals surface area contributed by atoms with Crippen LogP contribution >= 0.6 is 0 Å². The Kier molecular flexibility index (Phi) is 5.72. The van der Waals surface area contributed by atoms with Gasteiger partial charge in [-0.2, -0.15) is 0 Å². The van der Waals surface area contributed by atoms with Crippen LogP contribution in [0.5, 0.6) is 0 Å². The first kappa shape index (κ1) is 15.8. The molecule has 2 aromatic rings. The maximum Gasteiger partial charge on any atom is 0.231 e. The molecule has 0 bridgehead atoms. The number of carbonyl (C=O) groups excluding carboxylic acids is 2. The van der Waals surface area contributed by atoms with Crippen LogP contribution in [0.3, 0.4) is 0 Å². The lowest BCUT2D eigenvalue weighted by atomic mass is 9.92. The summed E-state index contributed by atoms with van der Waals surface area (Å²) in [5.41, 5.74) is 6.89. The van der Waals surface area contributed by atoms with Gasteiger partial charge in [-0.1, -0.05) is 48.5 Å². The lowest BCUT2D eigenvalue weighted by Gasteiger charge is -2.17. The van der Waals surface area contributed by atoms with Gasteiger partial charge in [-0.15, -0.1) is 0 Å². The predicted molar refractivity (Wildman–Crippen MR) is 87.3 cm³/mol. The van der Waals surface area contributed by atoms with E-state index in [-0.39, 0.29) is 17.7 Å². The average Bonchev–Trinajstić information content (AvgIpc) is 2.53. The van der Waals surface area contributed by atoms with Gasteiger partial charge in [0.25, 0.3) is 0 Å². The first-order chi connectivity index (χ1) is 10.7. The standard InChI is InChI=1S/C18H20N2O2/c19-17(21)13-7-12-16(14-8-3-1-4-9-14)18(22)20-15-10-5-2-6-11-15/h1-6,8-11,16H,7,12-13H2,(H2,19,21)(H,20,22). The second-order valence-electron chi connectivity index (χ2n) is 5.18. The highest BCUT2D eigenvalue weighted by Gasteiger charge is 2.20. The van der Waals surface area contributed by atoms with E-state index in [1.807, 2.05) is 60.7 Å². The summed E-state index contributed by atoms with van der Waals surface area (Å²) in [6.45, 7) is 0. The van der Waals surface area contributed by atoms with Crippen molar-refractivity contribution in [3.8, 4) is 0 Å². The summed E-state index contributed by atoms with van der Waals surface area (Å²) in [6, 6.07) is 18.9. The van der Waals surface area contributed by atoms with Gasteiger partial charge >= 0.3 is 0 Å². The van der Waals surface area contributed by atoms with Crippen molar-refractivity contribution >= 4 is 17.5 Å². The molecule has 2 amide bonds. The van der Waals surface area contributed by atoms with Gasteiger partial charge in [-0.05, 0) is 30.5 Å². The van der Waals surface area contributed by atoms with Gasteiger partial charge in [0, 0.05) is 12.1 Å². The molecule has 2 rings (SSSR count). The Bertz CT molecular complexity index is 611. The monoisotopic (exact) mass is 296 g/mol. The van der Waals surface area contributed by atoms with E-state index in [1.165, 1.54) is 0 Å². The van der Waals surface area contributed by atoms with Crippen molar-refractivity contribution in [1.82, 2.24) is 0 Å². The second-order valence-corrected chi connectivity index (χ2v) is 5.18. The lowest BCUT2D eigenvalue weighted by molar-refractivity contribution is -0.119. The maximum absolute atomic E-state index is 12.6. The Morgan fingerprint density at radius 2 is 1.55 bits per heavy atom. The Morgan fingerprint density at radius 3 is 2.14 bits per heavy atom. The summed E-state index contributed by atoms with van der Waals surface area (Å²) in [5, 5.41) is 2.92. The molecule has 0 aliphatic carbocycles. The Morgan fingerprint density at radius 1 is 0.955 bits per heavy atom. The molecule has 1 atom stereocenters. The topological polar surface area (TPSA) is 72.2 Å². The van der Waals surface area contributed by atoms with E-state index in [9.17, 15) is 9.59 Å². The van der Waals surface area contributed by atoms with Gasteiger partial charge < -0.3 is 11.1 Å². The SMILES string of the molecule is NC(=O)CCCC(C(=O)Nc1ccccc1)c1ccccc1. The number of nitrogens with two attached hydrogens (primary N) is 1. The van der Waals surface area contributed by atoms with Gasteiger partial charge in [-0.3, -0.25) is 9.59 Å². The molecule has 0 spiro atoms. The number of primary amides is 1.